The van der Waals surface area contributed by atoms with Gasteiger partial charge in [0.1, 0.15) is 11.9 Å². The first kappa shape index (κ1) is 18.7. The highest BCUT2D eigenvalue weighted by Gasteiger charge is 2.34. The number of hydrogen-bond acceptors (Lipinski definition) is 4. The molecule has 2 unspecified atom stereocenters. The second-order valence-corrected chi connectivity index (χ2v) is 9.48. The van der Waals surface area contributed by atoms with Crippen LogP contribution in [0.25, 0.3) is 5.70 Å². The summed E-state index contributed by atoms with van der Waals surface area (Å²) in [5, 5.41) is 12.1. The Morgan fingerprint density at radius 2 is 2.14 bits per heavy atom. The normalized spacial score (nSPS) is 27.8. The Kier molecular flexibility index (Phi) is 4.66. The van der Waals surface area contributed by atoms with Crippen LogP contribution in [0.1, 0.15) is 62.7 Å². The number of nitrogens with zero attached hydrogens (tertiary/aromatic N) is 2. The van der Waals surface area contributed by atoms with E-state index in [1.807, 2.05) is 7.05 Å². The van der Waals surface area contributed by atoms with Crippen molar-refractivity contribution in [2.45, 2.75) is 64.6 Å². The minimum atomic E-state index is 0.0847. The molecule has 29 heavy (non-hydrogen) atoms. The number of allylic oxidation sites excluding steroid dienone is 4. The van der Waals surface area contributed by atoms with Gasteiger partial charge in [-0.05, 0) is 67.7 Å². The first-order valence-electron chi connectivity index (χ1n) is 11.0. The van der Waals surface area contributed by atoms with E-state index in [0.717, 1.165) is 49.4 Å². The van der Waals surface area contributed by atoms with Crippen LogP contribution >= 0.6 is 0 Å². The van der Waals surface area contributed by atoms with E-state index in [-0.39, 0.29) is 12.3 Å². The fourth-order valence-electron chi connectivity index (χ4n) is 4.95. The quantitative estimate of drug-likeness (QED) is 0.816. The largest absolute Gasteiger partial charge is 0.388 e. The van der Waals surface area contributed by atoms with E-state index < -0.39 is 0 Å². The van der Waals surface area contributed by atoms with E-state index in [1.54, 1.807) is 0 Å². The zero-order chi connectivity index (χ0) is 20.0. The van der Waals surface area contributed by atoms with E-state index in [9.17, 15) is 0 Å². The van der Waals surface area contributed by atoms with Crippen LogP contribution in [-0.4, -0.2) is 29.5 Å². The fraction of sp³-hybridized carbons (Fsp3) is 0.542. The summed E-state index contributed by atoms with van der Waals surface area (Å²) in [6.45, 7) is 5.60. The maximum absolute atomic E-state index is 6.14. The van der Waals surface area contributed by atoms with Gasteiger partial charge >= 0.3 is 0 Å². The molecule has 0 aromatic carbocycles. The molecule has 5 nitrogen and oxygen atoms in total. The third-order valence-corrected chi connectivity index (χ3v) is 6.61. The molecule has 0 amide bonds. The Bertz CT molecular complexity index is 925. The van der Waals surface area contributed by atoms with Gasteiger partial charge in [-0.25, -0.2) is 4.68 Å². The van der Waals surface area contributed by atoms with Crippen molar-refractivity contribution in [3.05, 3.63) is 58.6 Å². The third-order valence-electron chi connectivity index (χ3n) is 6.61. The van der Waals surface area contributed by atoms with Crippen LogP contribution < -0.4 is 10.6 Å². The van der Waals surface area contributed by atoms with Gasteiger partial charge in [-0.1, -0.05) is 26.0 Å². The molecule has 4 aliphatic rings. The van der Waals surface area contributed by atoms with Crippen molar-refractivity contribution in [3.63, 3.8) is 0 Å². The Balaban J connectivity index is 1.55. The molecule has 2 bridgehead atoms. The number of likely N-dealkylation sites (N-methyl/N-ethyl adjacent to an activating group) is 1. The van der Waals surface area contributed by atoms with Gasteiger partial charge in [-0.2, -0.15) is 5.10 Å². The van der Waals surface area contributed by atoms with E-state index in [2.05, 4.69) is 59.5 Å². The average molecular weight is 393 g/mol. The standard InChI is InChI=1S/C24H32N4O/c1-24(2)10-9-19-21(15-24)28(22-6-4-5-11-29-22)27-23(19)20-13-16-7-8-17(25-3)14-18(12-16)26-20/h7-8,12-14,18,22,25-26H,4-6,9-11,15H2,1-3H3. The maximum atomic E-state index is 6.14. The molecular weight excluding hydrogens is 360 g/mol. The van der Waals surface area contributed by atoms with Crippen molar-refractivity contribution in [3.8, 4) is 0 Å². The second kappa shape index (κ2) is 7.21. The predicted octanol–water partition coefficient (Wildman–Crippen LogP) is 4.01. The van der Waals surface area contributed by atoms with Crippen LogP contribution in [0.4, 0.5) is 0 Å². The van der Waals surface area contributed by atoms with E-state index in [0.29, 0.717) is 5.41 Å². The number of hydrogen-bond donors (Lipinski definition) is 2. The number of nitrogens with one attached hydrogen (secondary N) is 2. The first-order chi connectivity index (χ1) is 14.0. The van der Waals surface area contributed by atoms with Crippen LogP contribution in [0.2, 0.25) is 0 Å². The van der Waals surface area contributed by atoms with Gasteiger partial charge in [0.2, 0.25) is 0 Å². The number of fused-ring (bicyclic) bond motifs is 2. The van der Waals surface area contributed by atoms with Gasteiger partial charge in [0.15, 0.2) is 0 Å². The first-order valence-corrected chi connectivity index (χ1v) is 11.0. The summed E-state index contributed by atoms with van der Waals surface area (Å²) >= 11 is 0. The average Bonchev–Trinajstić information content (AvgIpc) is 3.01. The molecule has 0 spiro atoms. The molecule has 5 heteroatoms. The SMILES string of the molecule is CNC1=CC2C=C(C=C1)C=C(c1nn(C3CCCCO3)c3c1CCC(C)(C)C3)N2. The lowest BCUT2D eigenvalue weighted by atomic mass is 9.76. The second-order valence-electron chi connectivity index (χ2n) is 9.48. The van der Waals surface area contributed by atoms with Crippen molar-refractivity contribution in [2.24, 2.45) is 5.41 Å². The number of ether oxygens (including phenoxy) is 1. The summed E-state index contributed by atoms with van der Waals surface area (Å²) in [5.74, 6) is 0. The smallest absolute Gasteiger partial charge is 0.150 e. The fourth-order valence-corrected chi connectivity index (χ4v) is 4.95. The lowest BCUT2D eigenvalue weighted by molar-refractivity contribution is -0.0420. The van der Waals surface area contributed by atoms with Gasteiger partial charge in [0.05, 0.1) is 11.7 Å². The molecular formula is C24H32N4O. The Morgan fingerprint density at radius 1 is 1.24 bits per heavy atom. The summed E-state index contributed by atoms with van der Waals surface area (Å²) < 4.78 is 8.37. The van der Waals surface area contributed by atoms with Crippen molar-refractivity contribution in [1.29, 1.82) is 0 Å². The zero-order valence-corrected chi connectivity index (χ0v) is 17.8. The van der Waals surface area contributed by atoms with E-state index >= 15 is 0 Å². The number of rotatable bonds is 3. The molecule has 2 aliphatic heterocycles. The molecule has 1 saturated heterocycles. The highest BCUT2D eigenvalue weighted by Crippen LogP contribution is 2.40. The summed E-state index contributed by atoms with van der Waals surface area (Å²) in [4.78, 5) is 0. The summed E-state index contributed by atoms with van der Waals surface area (Å²) in [6, 6.07) is 0.175. The van der Waals surface area contributed by atoms with Crippen LogP contribution in [0.3, 0.4) is 0 Å². The molecule has 3 heterocycles. The molecule has 1 aromatic rings. The van der Waals surface area contributed by atoms with Crippen molar-refractivity contribution >= 4 is 5.70 Å². The van der Waals surface area contributed by atoms with Crippen LogP contribution in [0, 0.1) is 5.41 Å². The van der Waals surface area contributed by atoms with Gasteiger partial charge in [-0.3, -0.25) is 0 Å². The maximum Gasteiger partial charge on any atom is 0.150 e. The number of aromatic nitrogens is 2. The predicted molar refractivity (Wildman–Crippen MR) is 116 cm³/mol. The molecule has 154 valence electrons. The summed E-state index contributed by atoms with van der Waals surface area (Å²) in [7, 11) is 1.97. The Labute approximate surface area is 173 Å². The molecule has 0 saturated carbocycles. The van der Waals surface area contributed by atoms with Gasteiger partial charge in [-0.15, -0.1) is 0 Å². The third kappa shape index (κ3) is 3.57. The highest BCUT2D eigenvalue weighted by atomic mass is 16.5. The minimum Gasteiger partial charge on any atom is -0.388 e. The summed E-state index contributed by atoms with van der Waals surface area (Å²) in [5.41, 5.74) is 7.74. The molecule has 2 aliphatic carbocycles. The van der Waals surface area contributed by atoms with Crippen molar-refractivity contribution in [2.75, 3.05) is 13.7 Å². The van der Waals surface area contributed by atoms with Gasteiger partial charge in [0, 0.05) is 30.6 Å². The molecule has 2 N–H and O–H groups in total. The minimum absolute atomic E-state index is 0.0847. The van der Waals surface area contributed by atoms with Crippen LogP contribution in [-0.2, 0) is 17.6 Å². The van der Waals surface area contributed by atoms with Gasteiger partial charge in [0.25, 0.3) is 0 Å². The van der Waals surface area contributed by atoms with Crippen LogP contribution in [0.5, 0.6) is 0 Å². The monoisotopic (exact) mass is 392 g/mol. The van der Waals surface area contributed by atoms with E-state index in [4.69, 9.17) is 9.84 Å². The van der Waals surface area contributed by atoms with Crippen LogP contribution in [0.15, 0.2) is 41.7 Å². The lowest BCUT2D eigenvalue weighted by Gasteiger charge is -2.32. The molecule has 0 radical (unpaired) electrons. The topological polar surface area (TPSA) is 51.1 Å². The molecule has 2 atom stereocenters. The Hall–Kier alpha value is -2.27. The zero-order valence-electron chi connectivity index (χ0n) is 17.8. The molecule has 1 aromatic heterocycles. The highest BCUT2D eigenvalue weighted by molar-refractivity contribution is 5.71. The van der Waals surface area contributed by atoms with Gasteiger partial charge < -0.3 is 15.4 Å². The summed E-state index contributed by atoms with van der Waals surface area (Å²) in [6.07, 6.45) is 17.9. The Morgan fingerprint density at radius 3 is 2.93 bits per heavy atom. The number of dihydropyridines is 1. The van der Waals surface area contributed by atoms with E-state index in [1.165, 1.54) is 29.7 Å². The lowest BCUT2D eigenvalue weighted by Crippen LogP contribution is -2.28. The van der Waals surface area contributed by atoms with Crippen molar-refractivity contribution < 1.29 is 4.74 Å². The molecule has 5 rings (SSSR count). The molecule has 1 fully saturated rings. The van der Waals surface area contributed by atoms with Crippen molar-refractivity contribution in [1.82, 2.24) is 20.4 Å².